The van der Waals surface area contributed by atoms with E-state index in [2.05, 4.69) is 16.3 Å². The number of hydrogen-bond acceptors (Lipinski definition) is 2. The van der Waals surface area contributed by atoms with Gasteiger partial charge in [0.15, 0.2) is 0 Å². The van der Waals surface area contributed by atoms with E-state index in [-0.39, 0.29) is 0 Å². The Morgan fingerprint density at radius 2 is 1.90 bits per heavy atom. The molecule has 1 aliphatic heterocycles. The number of nitrogens with zero attached hydrogens (tertiary/aromatic N) is 1. The lowest BCUT2D eigenvalue weighted by molar-refractivity contribution is 0.197. The maximum absolute atomic E-state index is 6.18. The van der Waals surface area contributed by atoms with Gasteiger partial charge < -0.3 is 5.32 Å². The molecule has 1 N–H and O–H groups in total. The van der Waals surface area contributed by atoms with E-state index in [0.29, 0.717) is 0 Å². The highest BCUT2D eigenvalue weighted by atomic mass is 35.5. The Morgan fingerprint density at radius 3 is 2.70 bits per heavy atom. The normalized spacial score (nSPS) is 24.4. The van der Waals surface area contributed by atoms with Gasteiger partial charge in [0.05, 0.1) is 10.7 Å². The minimum absolute atomic E-state index is 0.821. The number of para-hydroxylation sites is 1. The lowest BCUT2D eigenvalue weighted by Crippen LogP contribution is -2.37. The van der Waals surface area contributed by atoms with Crippen molar-refractivity contribution in [2.75, 3.05) is 25.0 Å². The third-order valence-corrected chi connectivity index (χ3v) is 5.28. The van der Waals surface area contributed by atoms with Crippen LogP contribution in [-0.2, 0) is 0 Å². The van der Waals surface area contributed by atoms with E-state index in [1.54, 1.807) is 0 Å². The summed E-state index contributed by atoms with van der Waals surface area (Å²) < 4.78 is 0. The molecule has 0 spiro atoms. The average molecular weight is 293 g/mol. The van der Waals surface area contributed by atoms with E-state index < -0.39 is 0 Å². The number of nitrogens with one attached hydrogen (secondary N) is 1. The SMILES string of the molecule is Clc1ccccc1NCCN1CCCC1C1CCCC1. The predicted octanol–water partition coefficient (Wildman–Crippen LogP) is 4.41. The summed E-state index contributed by atoms with van der Waals surface area (Å²) in [6.07, 6.45) is 8.61. The van der Waals surface area contributed by atoms with Gasteiger partial charge in [-0.2, -0.15) is 0 Å². The van der Waals surface area contributed by atoms with Gasteiger partial charge in [0.25, 0.3) is 0 Å². The molecule has 1 aromatic rings. The van der Waals surface area contributed by atoms with Gasteiger partial charge in [-0.3, -0.25) is 4.90 Å². The minimum Gasteiger partial charge on any atom is -0.383 e. The maximum atomic E-state index is 6.18. The molecule has 1 saturated carbocycles. The van der Waals surface area contributed by atoms with Crippen molar-refractivity contribution in [2.45, 2.75) is 44.6 Å². The monoisotopic (exact) mass is 292 g/mol. The maximum Gasteiger partial charge on any atom is 0.0637 e. The number of rotatable bonds is 5. The summed E-state index contributed by atoms with van der Waals surface area (Å²) in [6, 6.07) is 8.86. The van der Waals surface area contributed by atoms with E-state index in [1.807, 2.05) is 18.2 Å². The second kappa shape index (κ2) is 6.82. The number of anilines is 1. The Kier molecular flexibility index (Phi) is 4.85. The fraction of sp³-hybridized carbons (Fsp3) is 0.647. The highest BCUT2D eigenvalue weighted by Crippen LogP contribution is 2.35. The quantitative estimate of drug-likeness (QED) is 0.865. The molecule has 1 aromatic carbocycles. The first-order valence-corrected chi connectivity index (χ1v) is 8.45. The van der Waals surface area contributed by atoms with Gasteiger partial charge in [-0.05, 0) is 50.3 Å². The highest BCUT2D eigenvalue weighted by Gasteiger charge is 2.32. The molecule has 2 aliphatic rings. The van der Waals surface area contributed by atoms with Crippen LogP contribution in [0.2, 0.25) is 5.02 Å². The van der Waals surface area contributed by atoms with E-state index in [0.717, 1.165) is 35.8 Å². The van der Waals surface area contributed by atoms with Crippen LogP contribution in [-0.4, -0.2) is 30.6 Å². The molecule has 0 radical (unpaired) electrons. The van der Waals surface area contributed by atoms with Gasteiger partial charge in [-0.15, -0.1) is 0 Å². The van der Waals surface area contributed by atoms with E-state index in [9.17, 15) is 0 Å². The molecule has 1 heterocycles. The molecule has 3 heteroatoms. The molecule has 0 aromatic heterocycles. The van der Waals surface area contributed by atoms with Gasteiger partial charge in [0.1, 0.15) is 0 Å². The van der Waals surface area contributed by atoms with Crippen LogP contribution in [0.15, 0.2) is 24.3 Å². The molecule has 1 saturated heterocycles. The third-order valence-electron chi connectivity index (χ3n) is 4.95. The lowest BCUT2D eigenvalue weighted by atomic mass is 9.96. The molecule has 0 amide bonds. The fourth-order valence-corrected chi connectivity index (χ4v) is 4.15. The van der Waals surface area contributed by atoms with E-state index in [4.69, 9.17) is 11.6 Å². The number of benzene rings is 1. The fourth-order valence-electron chi connectivity index (χ4n) is 3.94. The Hall–Kier alpha value is -0.730. The Bertz CT molecular complexity index is 429. The summed E-state index contributed by atoms with van der Waals surface area (Å²) in [5, 5.41) is 4.30. The first kappa shape index (κ1) is 14.2. The van der Waals surface area contributed by atoms with Crippen molar-refractivity contribution in [1.29, 1.82) is 0 Å². The van der Waals surface area contributed by atoms with Crippen molar-refractivity contribution < 1.29 is 0 Å². The zero-order valence-corrected chi connectivity index (χ0v) is 12.9. The molecular weight excluding hydrogens is 268 g/mol. The van der Waals surface area contributed by atoms with Crippen molar-refractivity contribution in [3.8, 4) is 0 Å². The summed E-state index contributed by atoms with van der Waals surface area (Å²) in [5.74, 6) is 0.970. The summed E-state index contributed by atoms with van der Waals surface area (Å²) in [6.45, 7) is 3.42. The Balaban J connectivity index is 1.49. The lowest BCUT2D eigenvalue weighted by Gasteiger charge is -2.29. The van der Waals surface area contributed by atoms with Crippen molar-refractivity contribution in [1.82, 2.24) is 4.90 Å². The largest absolute Gasteiger partial charge is 0.383 e. The van der Waals surface area contributed by atoms with Gasteiger partial charge >= 0.3 is 0 Å². The van der Waals surface area contributed by atoms with Gasteiger partial charge in [0.2, 0.25) is 0 Å². The van der Waals surface area contributed by atoms with E-state index >= 15 is 0 Å². The number of likely N-dealkylation sites (tertiary alicyclic amines) is 1. The molecule has 110 valence electrons. The summed E-state index contributed by atoms with van der Waals surface area (Å²) in [5.41, 5.74) is 1.06. The molecule has 1 atom stereocenters. The summed E-state index contributed by atoms with van der Waals surface area (Å²) in [4.78, 5) is 2.71. The molecule has 1 unspecified atom stereocenters. The molecule has 2 fully saturated rings. The molecule has 0 bridgehead atoms. The second-order valence-corrected chi connectivity index (χ2v) is 6.60. The first-order valence-electron chi connectivity index (χ1n) is 8.07. The van der Waals surface area contributed by atoms with Crippen molar-refractivity contribution in [3.63, 3.8) is 0 Å². The second-order valence-electron chi connectivity index (χ2n) is 6.20. The standard InChI is InChI=1S/C17H25ClN2/c18-15-8-3-4-9-16(15)19-11-13-20-12-5-10-17(20)14-6-1-2-7-14/h3-4,8-9,14,17,19H,1-2,5-7,10-13H2. The Labute approximate surface area is 127 Å². The van der Waals surface area contributed by atoms with Crippen LogP contribution >= 0.6 is 11.6 Å². The molecular formula is C17H25ClN2. The van der Waals surface area contributed by atoms with Crippen LogP contribution in [0, 0.1) is 5.92 Å². The van der Waals surface area contributed by atoms with E-state index in [1.165, 1.54) is 45.1 Å². The van der Waals surface area contributed by atoms with Crippen LogP contribution in [0.3, 0.4) is 0 Å². The zero-order chi connectivity index (χ0) is 13.8. The Morgan fingerprint density at radius 1 is 1.10 bits per heavy atom. The molecule has 2 nitrogen and oxygen atoms in total. The highest BCUT2D eigenvalue weighted by molar-refractivity contribution is 6.33. The summed E-state index contributed by atoms with van der Waals surface area (Å²) >= 11 is 6.18. The van der Waals surface area contributed by atoms with Crippen LogP contribution in [0.4, 0.5) is 5.69 Å². The van der Waals surface area contributed by atoms with Gasteiger partial charge in [0, 0.05) is 19.1 Å². The van der Waals surface area contributed by atoms with Gasteiger partial charge in [-0.1, -0.05) is 36.6 Å². The number of hydrogen-bond donors (Lipinski definition) is 1. The van der Waals surface area contributed by atoms with Crippen molar-refractivity contribution in [2.24, 2.45) is 5.92 Å². The average Bonchev–Trinajstić information content (AvgIpc) is 3.11. The van der Waals surface area contributed by atoms with Gasteiger partial charge in [-0.25, -0.2) is 0 Å². The minimum atomic E-state index is 0.821. The van der Waals surface area contributed by atoms with Crippen LogP contribution in [0.1, 0.15) is 38.5 Å². The third kappa shape index (κ3) is 3.29. The van der Waals surface area contributed by atoms with Crippen LogP contribution < -0.4 is 5.32 Å². The molecule has 20 heavy (non-hydrogen) atoms. The van der Waals surface area contributed by atoms with Crippen LogP contribution in [0.5, 0.6) is 0 Å². The van der Waals surface area contributed by atoms with Crippen molar-refractivity contribution >= 4 is 17.3 Å². The zero-order valence-electron chi connectivity index (χ0n) is 12.2. The smallest absolute Gasteiger partial charge is 0.0637 e. The number of halogens is 1. The molecule has 3 rings (SSSR count). The van der Waals surface area contributed by atoms with Crippen LogP contribution in [0.25, 0.3) is 0 Å². The molecule has 1 aliphatic carbocycles. The topological polar surface area (TPSA) is 15.3 Å². The van der Waals surface area contributed by atoms with Crippen molar-refractivity contribution in [3.05, 3.63) is 29.3 Å². The predicted molar refractivity (Wildman–Crippen MR) is 86.5 cm³/mol. The first-order chi connectivity index (χ1) is 9.84. The summed E-state index contributed by atoms with van der Waals surface area (Å²) in [7, 11) is 0.